The van der Waals surface area contributed by atoms with E-state index in [0.29, 0.717) is 6.41 Å². The lowest BCUT2D eigenvalue weighted by atomic mass is 10.0. The molecule has 7 heteroatoms. The molecule has 1 aromatic carbocycles. The Balaban J connectivity index is 0.000000541. The molecule has 22 heavy (non-hydrogen) atoms. The normalized spacial score (nSPS) is 9.77. The van der Waals surface area contributed by atoms with Crippen molar-refractivity contribution in [3.8, 4) is 0 Å². The monoisotopic (exact) mass is 317 g/mol. The van der Waals surface area contributed by atoms with E-state index in [-0.39, 0.29) is 0 Å². The number of anilines is 1. The van der Waals surface area contributed by atoms with Gasteiger partial charge in [0.1, 0.15) is 5.01 Å². The van der Waals surface area contributed by atoms with E-state index in [1.807, 2.05) is 48.9 Å². The summed E-state index contributed by atoms with van der Waals surface area (Å²) in [6.07, 6.45) is 8.03. The zero-order chi connectivity index (χ0) is 16.4. The van der Waals surface area contributed by atoms with Crippen LogP contribution in [0.1, 0.15) is 16.1 Å². The molecule has 0 spiro atoms. The third-order valence-electron chi connectivity index (χ3n) is 2.63. The van der Waals surface area contributed by atoms with E-state index in [1.54, 1.807) is 28.0 Å². The third-order valence-corrected chi connectivity index (χ3v) is 3.37. The Kier molecular flexibility index (Phi) is 7.55. The Morgan fingerprint density at radius 1 is 1.41 bits per heavy atom. The molecule has 1 amide bonds. The van der Waals surface area contributed by atoms with Crippen molar-refractivity contribution in [2.75, 3.05) is 12.1 Å². The van der Waals surface area contributed by atoms with Crippen molar-refractivity contribution in [2.45, 2.75) is 0 Å². The first-order chi connectivity index (χ1) is 10.6. The number of carbonyl (C=O) groups excluding carboxylic acids is 1. The van der Waals surface area contributed by atoms with Crippen LogP contribution in [-0.2, 0) is 4.79 Å². The van der Waals surface area contributed by atoms with Gasteiger partial charge in [-0.25, -0.2) is 16.7 Å². The average Bonchev–Trinajstić information content (AvgIpc) is 3.06. The second kappa shape index (κ2) is 9.46. The maximum atomic E-state index is 8.94. The molecule has 0 radical (unpaired) electrons. The van der Waals surface area contributed by atoms with Crippen molar-refractivity contribution in [3.63, 3.8) is 0 Å². The van der Waals surface area contributed by atoms with Gasteiger partial charge in [-0.3, -0.25) is 10.2 Å². The molecular formula is C15H19N5OS. The minimum absolute atomic E-state index is 0.403. The molecule has 5 N–H and O–H groups in total. The molecule has 0 aliphatic carbocycles. The van der Waals surface area contributed by atoms with Crippen LogP contribution in [0, 0.1) is 0 Å². The maximum Gasteiger partial charge on any atom is 0.221 e. The molecule has 0 saturated heterocycles. The standard InChI is InChI=1S/C14H15N3S.CH4N2O/c1-3-11-5-4-6-13(17(2)15)12(11)7-8-14-16-9-10-18-14;2-3-1-4/h3-10H,1,15H2,2H3;1H,2H2,(H,3,4)/b8-7+;. The second-order valence-corrected chi connectivity index (χ2v) is 5.01. The van der Waals surface area contributed by atoms with Gasteiger partial charge in [0.25, 0.3) is 0 Å². The van der Waals surface area contributed by atoms with Gasteiger partial charge in [-0.05, 0) is 23.8 Å². The summed E-state index contributed by atoms with van der Waals surface area (Å²) < 4.78 is 0. The minimum Gasteiger partial charge on any atom is -0.314 e. The van der Waals surface area contributed by atoms with Gasteiger partial charge in [0.05, 0.1) is 5.69 Å². The van der Waals surface area contributed by atoms with E-state index in [0.717, 1.165) is 21.8 Å². The maximum absolute atomic E-state index is 8.94. The smallest absolute Gasteiger partial charge is 0.221 e. The van der Waals surface area contributed by atoms with Gasteiger partial charge in [-0.2, -0.15) is 0 Å². The van der Waals surface area contributed by atoms with Gasteiger partial charge in [-0.15, -0.1) is 11.3 Å². The highest BCUT2D eigenvalue weighted by Gasteiger charge is 2.05. The molecule has 1 aromatic heterocycles. The SMILES string of the molecule is C=Cc1cccc(N(C)N)c1/C=C/c1nccs1.NNC=O. The van der Waals surface area contributed by atoms with Gasteiger partial charge in [0.15, 0.2) is 0 Å². The number of hydrazine groups is 2. The van der Waals surface area contributed by atoms with Gasteiger partial charge < -0.3 is 5.01 Å². The fourth-order valence-electron chi connectivity index (χ4n) is 1.71. The molecule has 6 nitrogen and oxygen atoms in total. The summed E-state index contributed by atoms with van der Waals surface area (Å²) in [6, 6.07) is 5.96. The molecule has 0 fully saturated rings. The Hall–Kier alpha value is -2.48. The van der Waals surface area contributed by atoms with Crippen LogP contribution in [0.2, 0.25) is 0 Å². The Morgan fingerprint density at radius 3 is 2.64 bits per heavy atom. The van der Waals surface area contributed by atoms with Crippen LogP contribution in [0.15, 0.2) is 36.4 Å². The number of amides is 1. The first-order valence-corrected chi connectivity index (χ1v) is 7.23. The molecule has 0 saturated carbocycles. The molecule has 0 unspecified atom stereocenters. The van der Waals surface area contributed by atoms with E-state index in [1.165, 1.54) is 0 Å². The lowest BCUT2D eigenvalue weighted by molar-refractivity contribution is -0.109. The van der Waals surface area contributed by atoms with Crippen LogP contribution in [0.3, 0.4) is 0 Å². The topological polar surface area (TPSA) is 97.3 Å². The quantitative estimate of drug-likeness (QED) is 0.338. The molecule has 0 atom stereocenters. The Bertz CT molecular complexity index is 623. The van der Waals surface area contributed by atoms with Crippen LogP contribution in [0.25, 0.3) is 18.2 Å². The number of hydrogen-bond acceptors (Lipinski definition) is 6. The molecule has 0 bridgehead atoms. The fraction of sp³-hybridized carbons (Fsp3) is 0.0667. The summed E-state index contributed by atoms with van der Waals surface area (Å²) in [6.45, 7) is 3.83. The number of benzene rings is 1. The summed E-state index contributed by atoms with van der Waals surface area (Å²) >= 11 is 1.60. The highest BCUT2D eigenvalue weighted by molar-refractivity contribution is 7.10. The van der Waals surface area contributed by atoms with Crippen molar-refractivity contribution in [1.82, 2.24) is 10.4 Å². The largest absolute Gasteiger partial charge is 0.314 e. The number of nitrogens with one attached hydrogen (secondary N) is 1. The summed E-state index contributed by atoms with van der Waals surface area (Å²) in [5, 5.41) is 4.53. The van der Waals surface area contributed by atoms with E-state index < -0.39 is 0 Å². The zero-order valence-corrected chi connectivity index (χ0v) is 13.1. The van der Waals surface area contributed by atoms with E-state index in [4.69, 9.17) is 10.6 Å². The lowest BCUT2D eigenvalue weighted by Gasteiger charge is -2.16. The minimum atomic E-state index is 0.403. The number of thiazole rings is 1. The second-order valence-electron chi connectivity index (χ2n) is 4.08. The summed E-state index contributed by atoms with van der Waals surface area (Å²) in [5.41, 5.74) is 4.81. The first-order valence-electron chi connectivity index (χ1n) is 6.35. The summed E-state index contributed by atoms with van der Waals surface area (Å²) in [7, 11) is 1.82. The van der Waals surface area contributed by atoms with Gasteiger partial charge >= 0.3 is 0 Å². The van der Waals surface area contributed by atoms with Crippen molar-refractivity contribution < 1.29 is 4.79 Å². The molecule has 2 aromatic rings. The average molecular weight is 317 g/mol. The van der Waals surface area contributed by atoms with Gasteiger partial charge in [-0.1, -0.05) is 24.8 Å². The molecular weight excluding hydrogens is 298 g/mol. The van der Waals surface area contributed by atoms with Crippen LogP contribution >= 0.6 is 11.3 Å². The number of carbonyl (C=O) groups is 1. The van der Waals surface area contributed by atoms with Crippen molar-refractivity contribution in [3.05, 3.63) is 52.5 Å². The predicted molar refractivity (Wildman–Crippen MR) is 93.6 cm³/mol. The van der Waals surface area contributed by atoms with E-state index >= 15 is 0 Å². The van der Waals surface area contributed by atoms with E-state index in [9.17, 15) is 0 Å². The molecule has 0 aliphatic heterocycles. The van der Waals surface area contributed by atoms with Crippen LogP contribution in [0.4, 0.5) is 5.69 Å². The van der Waals surface area contributed by atoms with E-state index in [2.05, 4.69) is 17.4 Å². The molecule has 2 rings (SSSR count). The van der Waals surface area contributed by atoms with Crippen molar-refractivity contribution >= 4 is 41.7 Å². The number of hydrogen-bond donors (Lipinski definition) is 3. The Morgan fingerprint density at radius 2 is 2.14 bits per heavy atom. The summed E-state index contributed by atoms with van der Waals surface area (Å²) in [4.78, 5) is 13.2. The zero-order valence-electron chi connectivity index (χ0n) is 12.3. The number of aromatic nitrogens is 1. The number of rotatable bonds is 5. The fourth-order valence-corrected chi connectivity index (χ4v) is 2.24. The lowest BCUT2D eigenvalue weighted by Crippen LogP contribution is -2.25. The molecule has 1 heterocycles. The first kappa shape index (κ1) is 17.6. The third kappa shape index (κ3) is 5.13. The number of nitrogens with two attached hydrogens (primary N) is 2. The predicted octanol–water partition coefficient (Wildman–Crippen LogP) is 1.87. The van der Waals surface area contributed by atoms with Crippen molar-refractivity contribution in [1.29, 1.82) is 0 Å². The summed E-state index contributed by atoms with van der Waals surface area (Å²) in [5.74, 6) is 10.2. The van der Waals surface area contributed by atoms with Crippen LogP contribution in [0.5, 0.6) is 0 Å². The highest BCUT2D eigenvalue weighted by atomic mass is 32.1. The molecule has 116 valence electrons. The highest BCUT2D eigenvalue weighted by Crippen LogP contribution is 2.25. The Labute approximate surface area is 133 Å². The van der Waals surface area contributed by atoms with Gasteiger partial charge in [0.2, 0.25) is 6.41 Å². The number of nitrogens with zero attached hydrogens (tertiary/aromatic N) is 2. The van der Waals surface area contributed by atoms with Crippen LogP contribution in [-0.4, -0.2) is 18.4 Å². The van der Waals surface area contributed by atoms with Crippen LogP contribution < -0.4 is 22.1 Å². The van der Waals surface area contributed by atoms with Gasteiger partial charge in [0, 0.05) is 24.2 Å². The van der Waals surface area contributed by atoms with Crippen molar-refractivity contribution in [2.24, 2.45) is 11.7 Å². The molecule has 0 aliphatic rings.